The van der Waals surface area contributed by atoms with Crippen LogP contribution < -0.4 is 10.0 Å². The van der Waals surface area contributed by atoms with Crippen molar-refractivity contribution in [1.29, 1.82) is 0 Å². The Balaban J connectivity index is 1.44. The maximum Gasteiger partial charge on any atom is 0.257 e. The number of carbonyl (C=O) groups is 1. The van der Waals surface area contributed by atoms with Crippen molar-refractivity contribution < 1.29 is 17.9 Å². The van der Waals surface area contributed by atoms with Gasteiger partial charge >= 0.3 is 0 Å². The van der Waals surface area contributed by atoms with Gasteiger partial charge in [0.2, 0.25) is 10.0 Å². The molecule has 2 aromatic rings. The summed E-state index contributed by atoms with van der Waals surface area (Å²) < 4.78 is 32.9. The average molecular weight is 437 g/mol. The first-order valence-electron chi connectivity index (χ1n) is 9.59. The van der Waals surface area contributed by atoms with Crippen LogP contribution in [-0.4, -0.2) is 56.6 Å². The molecule has 0 atom stereocenters. The minimum absolute atomic E-state index is 0.0128. The van der Waals surface area contributed by atoms with E-state index in [1.807, 2.05) is 5.38 Å². The number of morpholine rings is 1. The van der Waals surface area contributed by atoms with E-state index in [4.69, 9.17) is 4.74 Å². The Bertz CT molecular complexity index is 995. The third kappa shape index (κ3) is 5.20. The van der Waals surface area contributed by atoms with E-state index >= 15 is 0 Å². The van der Waals surface area contributed by atoms with E-state index in [1.165, 1.54) is 23.5 Å². The van der Waals surface area contributed by atoms with Crippen LogP contribution in [0.5, 0.6) is 0 Å². The van der Waals surface area contributed by atoms with Crippen molar-refractivity contribution in [2.45, 2.75) is 37.2 Å². The second-order valence-corrected chi connectivity index (χ2v) is 9.93. The first kappa shape index (κ1) is 20.4. The van der Waals surface area contributed by atoms with Gasteiger partial charge in [-0.15, -0.1) is 11.3 Å². The van der Waals surface area contributed by atoms with Crippen molar-refractivity contribution in [2.24, 2.45) is 0 Å². The standard InChI is InChI=1S/C19H24N4O4S2/c1-13-2-5-16(29(25,26)22-14-3-4-14)10-17(13)18(24)21-19-20-15(12-28-19)11-23-6-8-27-9-7-23/h2,5,10,12,14,22H,3-4,6-9,11H2,1H3,(H,20,21,24). The molecule has 0 radical (unpaired) electrons. The quantitative estimate of drug-likeness (QED) is 0.688. The summed E-state index contributed by atoms with van der Waals surface area (Å²) in [7, 11) is -3.61. The predicted molar refractivity (Wildman–Crippen MR) is 111 cm³/mol. The summed E-state index contributed by atoms with van der Waals surface area (Å²) in [5.41, 5.74) is 1.93. The van der Waals surface area contributed by atoms with Crippen molar-refractivity contribution in [1.82, 2.24) is 14.6 Å². The first-order chi connectivity index (χ1) is 13.9. The zero-order valence-corrected chi connectivity index (χ0v) is 17.8. The smallest absolute Gasteiger partial charge is 0.257 e. The number of nitrogens with zero attached hydrogens (tertiary/aromatic N) is 2. The Hall–Kier alpha value is -1.85. The molecule has 8 nitrogen and oxygen atoms in total. The van der Waals surface area contributed by atoms with Crippen LogP contribution in [0.1, 0.15) is 34.5 Å². The normalized spacial score (nSPS) is 18.0. The Labute approximate surface area is 174 Å². The van der Waals surface area contributed by atoms with Crippen LogP contribution in [0.25, 0.3) is 0 Å². The summed E-state index contributed by atoms with van der Waals surface area (Å²) in [6, 6.07) is 4.62. The molecular formula is C19H24N4O4S2. The summed E-state index contributed by atoms with van der Waals surface area (Å²) in [6.07, 6.45) is 1.71. The van der Waals surface area contributed by atoms with Crippen LogP contribution in [0, 0.1) is 6.92 Å². The van der Waals surface area contributed by atoms with Gasteiger partial charge in [0.1, 0.15) is 0 Å². The van der Waals surface area contributed by atoms with Crippen LogP contribution in [0.4, 0.5) is 5.13 Å². The van der Waals surface area contributed by atoms with E-state index < -0.39 is 10.0 Å². The van der Waals surface area contributed by atoms with Gasteiger partial charge < -0.3 is 4.74 Å². The average Bonchev–Trinajstić information content (AvgIpc) is 3.39. The number of hydrogen-bond donors (Lipinski definition) is 2. The number of ether oxygens (including phenoxy) is 1. The fraction of sp³-hybridized carbons (Fsp3) is 0.474. The number of carbonyl (C=O) groups excluding carboxylic acids is 1. The highest BCUT2D eigenvalue weighted by atomic mass is 32.2. The largest absolute Gasteiger partial charge is 0.379 e. The fourth-order valence-electron chi connectivity index (χ4n) is 3.09. The molecule has 0 spiro atoms. The van der Waals surface area contributed by atoms with Gasteiger partial charge in [-0.05, 0) is 37.5 Å². The molecule has 1 aliphatic heterocycles. The molecular weight excluding hydrogens is 412 g/mol. The molecule has 1 aliphatic carbocycles. The first-order valence-corrected chi connectivity index (χ1v) is 12.0. The van der Waals surface area contributed by atoms with Gasteiger partial charge in [-0.3, -0.25) is 15.0 Å². The lowest BCUT2D eigenvalue weighted by Gasteiger charge is -2.25. The number of amides is 1. The number of benzene rings is 1. The highest BCUT2D eigenvalue weighted by Crippen LogP contribution is 2.24. The number of thiazole rings is 1. The summed E-state index contributed by atoms with van der Waals surface area (Å²) in [6.45, 7) is 5.69. The number of aromatic nitrogens is 1. The number of rotatable bonds is 7. The molecule has 1 aromatic carbocycles. The lowest BCUT2D eigenvalue weighted by Crippen LogP contribution is -2.35. The second-order valence-electron chi connectivity index (χ2n) is 7.36. The third-order valence-corrected chi connectivity index (χ3v) is 7.25. The zero-order valence-electron chi connectivity index (χ0n) is 16.2. The lowest BCUT2D eigenvalue weighted by atomic mass is 10.1. The maximum atomic E-state index is 12.8. The van der Waals surface area contributed by atoms with Crippen molar-refractivity contribution in [2.75, 3.05) is 31.6 Å². The van der Waals surface area contributed by atoms with Crippen LogP contribution in [0.3, 0.4) is 0 Å². The lowest BCUT2D eigenvalue weighted by molar-refractivity contribution is 0.0337. The molecule has 2 heterocycles. The van der Waals surface area contributed by atoms with Gasteiger partial charge in [0.05, 0.1) is 23.8 Å². The molecule has 1 saturated carbocycles. The Morgan fingerprint density at radius 1 is 1.31 bits per heavy atom. The molecule has 4 rings (SSSR count). The molecule has 0 bridgehead atoms. The topological polar surface area (TPSA) is 101 Å². The Kier molecular flexibility index (Phi) is 5.98. The van der Waals surface area contributed by atoms with Gasteiger partial charge in [0.15, 0.2) is 5.13 Å². The van der Waals surface area contributed by atoms with Crippen LogP contribution >= 0.6 is 11.3 Å². The van der Waals surface area contributed by atoms with Gasteiger partial charge in [-0.25, -0.2) is 18.1 Å². The van der Waals surface area contributed by atoms with Gasteiger partial charge in [0, 0.05) is 36.6 Å². The molecule has 2 fully saturated rings. The zero-order chi connectivity index (χ0) is 20.4. The van der Waals surface area contributed by atoms with Crippen LogP contribution in [0.2, 0.25) is 0 Å². The monoisotopic (exact) mass is 436 g/mol. The molecule has 29 heavy (non-hydrogen) atoms. The van der Waals surface area contributed by atoms with Crippen molar-refractivity contribution in [3.8, 4) is 0 Å². The number of nitrogens with one attached hydrogen (secondary N) is 2. The van der Waals surface area contributed by atoms with Crippen molar-refractivity contribution >= 4 is 32.4 Å². The van der Waals surface area contributed by atoms with E-state index in [2.05, 4.69) is 19.9 Å². The van der Waals surface area contributed by atoms with Crippen molar-refractivity contribution in [3.05, 3.63) is 40.4 Å². The van der Waals surface area contributed by atoms with E-state index in [0.717, 1.165) is 51.4 Å². The van der Waals surface area contributed by atoms with E-state index in [0.29, 0.717) is 16.3 Å². The van der Waals surface area contributed by atoms with E-state index in [-0.39, 0.29) is 16.8 Å². The van der Waals surface area contributed by atoms with Crippen LogP contribution in [0.15, 0.2) is 28.5 Å². The van der Waals surface area contributed by atoms with E-state index in [9.17, 15) is 13.2 Å². The van der Waals surface area contributed by atoms with Crippen molar-refractivity contribution in [3.63, 3.8) is 0 Å². The molecule has 2 aliphatic rings. The number of aryl methyl sites for hydroxylation is 1. The summed E-state index contributed by atoms with van der Waals surface area (Å²) in [5.74, 6) is -0.363. The van der Waals surface area contributed by atoms with Crippen LogP contribution in [-0.2, 0) is 21.3 Å². The maximum absolute atomic E-state index is 12.8. The summed E-state index contributed by atoms with van der Waals surface area (Å²) >= 11 is 1.36. The van der Waals surface area contributed by atoms with Gasteiger partial charge in [-0.2, -0.15) is 0 Å². The second kappa shape index (κ2) is 8.49. The van der Waals surface area contributed by atoms with Gasteiger partial charge in [-0.1, -0.05) is 6.07 Å². The molecule has 1 saturated heterocycles. The predicted octanol–water partition coefficient (Wildman–Crippen LogP) is 1.98. The minimum Gasteiger partial charge on any atom is -0.379 e. The molecule has 156 valence electrons. The Morgan fingerprint density at radius 3 is 2.79 bits per heavy atom. The highest BCUT2D eigenvalue weighted by molar-refractivity contribution is 7.89. The molecule has 10 heteroatoms. The fourth-order valence-corrected chi connectivity index (χ4v) is 5.12. The SMILES string of the molecule is Cc1ccc(S(=O)(=O)NC2CC2)cc1C(=O)Nc1nc(CN2CCOCC2)cs1. The summed E-state index contributed by atoms with van der Waals surface area (Å²) in [4.78, 5) is 19.6. The molecule has 0 unspecified atom stereocenters. The Morgan fingerprint density at radius 2 is 2.07 bits per heavy atom. The number of sulfonamides is 1. The molecule has 1 amide bonds. The minimum atomic E-state index is -3.61. The number of anilines is 1. The van der Waals surface area contributed by atoms with Gasteiger partial charge in [0.25, 0.3) is 5.91 Å². The summed E-state index contributed by atoms with van der Waals surface area (Å²) in [5, 5.41) is 5.23. The number of hydrogen-bond acceptors (Lipinski definition) is 7. The molecule has 2 N–H and O–H groups in total. The van der Waals surface area contributed by atoms with E-state index in [1.54, 1.807) is 13.0 Å². The molecule has 1 aromatic heterocycles. The third-order valence-electron chi connectivity index (χ3n) is 4.92. The highest BCUT2D eigenvalue weighted by Gasteiger charge is 2.28.